The molecule has 1 aliphatic heterocycles. The van der Waals surface area contributed by atoms with Crippen LogP contribution >= 0.6 is 7.82 Å². The van der Waals surface area contributed by atoms with Crippen LogP contribution in [0.4, 0.5) is 0 Å². The van der Waals surface area contributed by atoms with E-state index >= 15 is 0 Å². The second kappa shape index (κ2) is 5.14. The number of hydrogen-bond donors (Lipinski definition) is 2. The molecule has 0 aliphatic carbocycles. The van der Waals surface area contributed by atoms with E-state index in [1.54, 1.807) is 6.92 Å². The summed E-state index contributed by atoms with van der Waals surface area (Å²) in [4.78, 5) is 17.7. The van der Waals surface area contributed by atoms with E-state index in [0.29, 0.717) is 0 Å². The standard InChI is InChI=1S/C3H7O4P.C3H4O2/c1-3-2-6-8(4,5)7-3;1-2-3(4)5/h3H,2H2,1H3,(H,4,5);2H,1H2,(H,4,5). The topological polar surface area (TPSA) is 93.1 Å². The predicted molar refractivity (Wildman–Crippen MR) is 44.2 cm³/mol. The lowest BCUT2D eigenvalue weighted by Gasteiger charge is -1.97. The molecule has 0 bridgehead atoms. The highest BCUT2D eigenvalue weighted by atomic mass is 31.2. The van der Waals surface area contributed by atoms with Gasteiger partial charge >= 0.3 is 13.8 Å². The molecule has 1 aliphatic rings. The summed E-state index contributed by atoms with van der Waals surface area (Å²) in [6.45, 7) is 4.85. The number of carboxylic acid groups (broad SMARTS) is 1. The Morgan fingerprint density at radius 2 is 2.23 bits per heavy atom. The maximum atomic E-state index is 10.3. The lowest BCUT2D eigenvalue weighted by atomic mass is 10.5. The summed E-state index contributed by atoms with van der Waals surface area (Å²) in [6.07, 6.45) is 0.589. The molecule has 1 fully saturated rings. The zero-order chi connectivity index (χ0) is 10.5. The molecule has 1 saturated heterocycles. The van der Waals surface area contributed by atoms with Gasteiger partial charge < -0.3 is 10.00 Å². The first-order valence-electron chi connectivity index (χ1n) is 3.38. The van der Waals surface area contributed by atoms with Crippen molar-refractivity contribution < 1.29 is 28.4 Å². The van der Waals surface area contributed by atoms with E-state index < -0.39 is 13.8 Å². The number of phosphoric ester groups is 1. The van der Waals surface area contributed by atoms with Gasteiger partial charge in [-0.25, -0.2) is 9.36 Å². The van der Waals surface area contributed by atoms with Gasteiger partial charge in [-0.2, -0.15) is 0 Å². The third kappa shape index (κ3) is 6.48. The van der Waals surface area contributed by atoms with Crippen LogP contribution in [0.3, 0.4) is 0 Å². The Balaban J connectivity index is 0.000000252. The molecule has 2 atom stereocenters. The maximum absolute atomic E-state index is 10.3. The van der Waals surface area contributed by atoms with Crippen molar-refractivity contribution in [2.75, 3.05) is 6.61 Å². The van der Waals surface area contributed by atoms with Crippen molar-refractivity contribution in [3.05, 3.63) is 12.7 Å². The molecule has 0 aromatic carbocycles. The Bertz CT molecular complexity index is 237. The minimum atomic E-state index is -3.60. The zero-order valence-corrected chi connectivity index (χ0v) is 7.94. The molecule has 76 valence electrons. The summed E-state index contributed by atoms with van der Waals surface area (Å²) in [6, 6.07) is 0. The molecule has 2 unspecified atom stereocenters. The summed E-state index contributed by atoms with van der Waals surface area (Å²) in [7, 11) is -3.60. The van der Waals surface area contributed by atoms with E-state index in [1.165, 1.54) is 0 Å². The molecule has 0 radical (unpaired) electrons. The van der Waals surface area contributed by atoms with Crippen LogP contribution in [-0.2, 0) is 18.4 Å². The van der Waals surface area contributed by atoms with Crippen molar-refractivity contribution in [2.45, 2.75) is 13.0 Å². The summed E-state index contributed by atoms with van der Waals surface area (Å²) in [5, 5.41) is 7.60. The van der Waals surface area contributed by atoms with Gasteiger partial charge in [0.1, 0.15) is 0 Å². The highest BCUT2D eigenvalue weighted by molar-refractivity contribution is 7.47. The van der Waals surface area contributed by atoms with Gasteiger partial charge in [-0.15, -0.1) is 0 Å². The van der Waals surface area contributed by atoms with Crippen molar-refractivity contribution in [1.82, 2.24) is 0 Å². The fraction of sp³-hybridized carbons (Fsp3) is 0.500. The zero-order valence-electron chi connectivity index (χ0n) is 7.04. The quantitative estimate of drug-likeness (QED) is 0.490. The summed E-state index contributed by atoms with van der Waals surface area (Å²) in [5.41, 5.74) is 0. The second-order valence-electron chi connectivity index (χ2n) is 2.22. The molecule has 6 nitrogen and oxygen atoms in total. The van der Waals surface area contributed by atoms with Crippen LogP contribution in [0.5, 0.6) is 0 Å². The largest absolute Gasteiger partial charge is 0.478 e. The summed E-state index contributed by atoms with van der Waals surface area (Å²) >= 11 is 0. The first-order chi connectivity index (χ1) is 5.87. The highest BCUT2D eigenvalue weighted by Crippen LogP contribution is 2.49. The lowest BCUT2D eigenvalue weighted by molar-refractivity contribution is -0.131. The van der Waals surface area contributed by atoms with Crippen molar-refractivity contribution in [2.24, 2.45) is 0 Å². The number of rotatable bonds is 1. The van der Waals surface area contributed by atoms with E-state index in [9.17, 15) is 9.36 Å². The summed E-state index contributed by atoms with van der Waals surface area (Å²) < 4.78 is 19.1. The molecule has 0 saturated carbocycles. The molecule has 0 amide bonds. The van der Waals surface area contributed by atoms with Gasteiger partial charge in [0.2, 0.25) is 0 Å². The number of phosphoric acid groups is 1. The Morgan fingerprint density at radius 1 is 1.77 bits per heavy atom. The maximum Gasteiger partial charge on any atom is 0.472 e. The van der Waals surface area contributed by atoms with Gasteiger partial charge in [0.05, 0.1) is 12.7 Å². The average molecular weight is 210 g/mol. The van der Waals surface area contributed by atoms with E-state index in [-0.39, 0.29) is 12.7 Å². The molecule has 0 spiro atoms. The molecule has 13 heavy (non-hydrogen) atoms. The second-order valence-corrected chi connectivity index (χ2v) is 3.63. The Kier molecular flexibility index (Phi) is 4.87. The van der Waals surface area contributed by atoms with Gasteiger partial charge in [0.15, 0.2) is 0 Å². The average Bonchev–Trinajstić information content (AvgIpc) is 2.30. The van der Waals surface area contributed by atoms with E-state index in [2.05, 4.69) is 15.6 Å². The Morgan fingerprint density at radius 3 is 2.31 bits per heavy atom. The van der Waals surface area contributed by atoms with E-state index in [4.69, 9.17) is 10.00 Å². The molecule has 1 rings (SSSR count). The number of aliphatic carboxylic acids is 1. The normalized spacial score (nSPS) is 31.7. The molecule has 7 heteroatoms. The summed E-state index contributed by atoms with van der Waals surface area (Å²) in [5.74, 6) is -0.981. The Labute approximate surface area is 75.4 Å². The third-order valence-corrected chi connectivity index (χ3v) is 2.06. The third-order valence-electron chi connectivity index (χ3n) is 0.960. The van der Waals surface area contributed by atoms with Gasteiger partial charge in [-0.05, 0) is 6.92 Å². The molecular weight excluding hydrogens is 199 g/mol. The predicted octanol–water partition coefficient (Wildman–Crippen LogP) is 0.779. The fourth-order valence-corrected chi connectivity index (χ4v) is 1.46. The minimum Gasteiger partial charge on any atom is -0.478 e. The fourth-order valence-electron chi connectivity index (χ4n) is 0.487. The Hall–Kier alpha value is -0.680. The first-order valence-corrected chi connectivity index (χ1v) is 4.88. The van der Waals surface area contributed by atoms with Gasteiger partial charge in [-0.3, -0.25) is 9.05 Å². The van der Waals surface area contributed by atoms with Gasteiger partial charge in [0, 0.05) is 6.08 Å². The monoisotopic (exact) mass is 210 g/mol. The van der Waals surface area contributed by atoms with Crippen molar-refractivity contribution in [3.63, 3.8) is 0 Å². The molecular formula is C6H11O6P. The number of hydrogen-bond acceptors (Lipinski definition) is 4. The van der Waals surface area contributed by atoms with Crippen LogP contribution in [0.25, 0.3) is 0 Å². The van der Waals surface area contributed by atoms with E-state index in [0.717, 1.165) is 6.08 Å². The van der Waals surface area contributed by atoms with Crippen molar-refractivity contribution >= 4 is 13.8 Å². The smallest absolute Gasteiger partial charge is 0.472 e. The van der Waals surface area contributed by atoms with Gasteiger partial charge in [-0.1, -0.05) is 6.58 Å². The number of carbonyl (C=O) groups is 1. The molecule has 1 heterocycles. The van der Waals surface area contributed by atoms with Crippen molar-refractivity contribution in [3.8, 4) is 0 Å². The van der Waals surface area contributed by atoms with Crippen LogP contribution in [0.15, 0.2) is 12.7 Å². The van der Waals surface area contributed by atoms with Gasteiger partial charge in [0.25, 0.3) is 0 Å². The van der Waals surface area contributed by atoms with Crippen LogP contribution in [0.2, 0.25) is 0 Å². The van der Waals surface area contributed by atoms with Crippen LogP contribution in [0.1, 0.15) is 6.92 Å². The molecule has 0 aromatic heterocycles. The van der Waals surface area contributed by atoms with Crippen molar-refractivity contribution in [1.29, 1.82) is 0 Å². The van der Waals surface area contributed by atoms with Crippen LogP contribution in [0, 0.1) is 0 Å². The highest BCUT2D eigenvalue weighted by Gasteiger charge is 2.32. The first kappa shape index (κ1) is 12.3. The lowest BCUT2D eigenvalue weighted by Crippen LogP contribution is -1.99. The minimum absolute atomic E-state index is 0.216. The number of carboxylic acids is 1. The van der Waals surface area contributed by atoms with Crippen LogP contribution in [-0.4, -0.2) is 28.7 Å². The van der Waals surface area contributed by atoms with E-state index in [1.807, 2.05) is 0 Å². The SMILES string of the molecule is C=CC(=O)O.CC1COP(=O)(O)O1. The van der Waals surface area contributed by atoms with Crippen LogP contribution < -0.4 is 0 Å². The molecule has 0 aromatic rings. The molecule has 2 N–H and O–H groups in total.